The van der Waals surface area contributed by atoms with E-state index in [-0.39, 0.29) is 11.2 Å². The molecule has 6 heteroatoms. The van der Waals surface area contributed by atoms with Crippen LogP contribution in [0.3, 0.4) is 0 Å². The van der Waals surface area contributed by atoms with Crippen molar-refractivity contribution >= 4 is 33.5 Å². The average Bonchev–Trinajstić information content (AvgIpc) is 3.25. The first-order valence-corrected chi connectivity index (χ1v) is 10.2. The van der Waals surface area contributed by atoms with E-state index in [9.17, 15) is 9.59 Å². The zero-order valence-corrected chi connectivity index (χ0v) is 17.3. The second-order valence-corrected chi connectivity index (χ2v) is 7.25. The SMILES string of the molecule is CCOc1ccc(-c2cc(=O)c3cc(NC(=O)c4cc5ccccc5o4)ccc3o2)cc1. The van der Waals surface area contributed by atoms with Crippen molar-refractivity contribution in [3.8, 4) is 17.1 Å². The van der Waals surface area contributed by atoms with Gasteiger partial charge in [0.2, 0.25) is 0 Å². The molecule has 1 amide bonds. The van der Waals surface area contributed by atoms with Gasteiger partial charge >= 0.3 is 0 Å². The van der Waals surface area contributed by atoms with Gasteiger partial charge in [-0.25, -0.2) is 0 Å². The van der Waals surface area contributed by atoms with Crippen LogP contribution < -0.4 is 15.5 Å². The number of carbonyl (C=O) groups is 1. The Morgan fingerprint density at radius 3 is 2.50 bits per heavy atom. The predicted molar refractivity (Wildman–Crippen MR) is 123 cm³/mol. The molecule has 0 aliphatic carbocycles. The molecule has 3 aromatic carbocycles. The van der Waals surface area contributed by atoms with Crippen LogP contribution in [0.1, 0.15) is 17.5 Å². The molecule has 5 rings (SSSR count). The molecule has 0 fully saturated rings. The van der Waals surface area contributed by atoms with E-state index in [1.807, 2.05) is 49.4 Å². The average molecular weight is 425 g/mol. The molecule has 0 saturated carbocycles. The van der Waals surface area contributed by atoms with E-state index in [4.69, 9.17) is 13.6 Å². The van der Waals surface area contributed by atoms with E-state index in [1.54, 1.807) is 30.3 Å². The van der Waals surface area contributed by atoms with Crippen LogP contribution in [0.25, 0.3) is 33.3 Å². The van der Waals surface area contributed by atoms with Crippen LogP contribution in [-0.2, 0) is 0 Å². The largest absolute Gasteiger partial charge is 0.494 e. The number of nitrogens with one attached hydrogen (secondary N) is 1. The topological polar surface area (TPSA) is 81.7 Å². The van der Waals surface area contributed by atoms with Crippen LogP contribution in [-0.4, -0.2) is 12.5 Å². The fourth-order valence-corrected chi connectivity index (χ4v) is 3.54. The summed E-state index contributed by atoms with van der Waals surface area (Å²) in [5.41, 5.74) is 2.12. The van der Waals surface area contributed by atoms with E-state index in [1.165, 1.54) is 6.07 Å². The summed E-state index contributed by atoms with van der Waals surface area (Å²) in [6, 6.07) is 22.8. The smallest absolute Gasteiger partial charge is 0.291 e. The lowest BCUT2D eigenvalue weighted by Gasteiger charge is -2.07. The molecule has 0 saturated heterocycles. The Bertz CT molecular complexity index is 1460. The van der Waals surface area contributed by atoms with Gasteiger partial charge in [-0.1, -0.05) is 18.2 Å². The Balaban J connectivity index is 1.42. The van der Waals surface area contributed by atoms with E-state index in [0.717, 1.165) is 16.7 Å². The second kappa shape index (κ2) is 8.07. The summed E-state index contributed by atoms with van der Waals surface area (Å²) in [6.45, 7) is 2.50. The molecule has 158 valence electrons. The molecule has 0 unspecified atom stereocenters. The minimum atomic E-state index is -0.393. The summed E-state index contributed by atoms with van der Waals surface area (Å²) in [7, 11) is 0. The number of anilines is 1. The van der Waals surface area contributed by atoms with Crippen molar-refractivity contribution in [2.75, 3.05) is 11.9 Å². The normalized spacial score (nSPS) is 11.0. The predicted octanol–water partition coefficient (Wildman–Crippen LogP) is 5.86. The zero-order valence-electron chi connectivity index (χ0n) is 17.3. The van der Waals surface area contributed by atoms with Gasteiger partial charge in [-0.15, -0.1) is 0 Å². The van der Waals surface area contributed by atoms with Crippen LogP contribution in [0.4, 0.5) is 5.69 Å². The summed E-state index contributed by atoms with van der Waals surface area (Å²) in [5.74, 6) is 1.02. The Morgan fingerprint density at radius 2 is 1.72 bits per heavy atom. The highest BCUT2D eigenvalue weighted by Crippen LogP contribution is 2.26. The fourth-order valence-electron chi connectivity index (χ4n) is 3.54. The maximum Gasteiger partial charge on any atom is 0.291 e. The lowest BCUT2D eigenvalue weighted by atomic mass is 10.1. The van der Waals surface area contributed by atoms with Gasteiger partial charge in [-0.05, 0) is 61.5 Å². The van der Waals surface area contributed by atoms with Gasteiger partial charge in [0.1, 0.15) is 22.7 Å². The van der Waals surface area contributed by atoms with E-state index < -0.39 is 5.91 Å². The number of hydrogen-bond acceptors (Lipinski definition) is 5. The van der Waals surface area contributed by atoms with Crippen LogP contribution in [0.15, 0.2) is 92.5 Å². The highest BCUT2D eigenvalue weighted by Gasteiger charge is 2.14. The quantitative estimate of drug-likeness (QED) is 0.382. The molecule has 0 aliphatic heterocycles. The Labute approximate surface area is 183 Å². The monoisotopic (exact) mass is 425 g/mol. The van der Waals surface area contributed by atoms with E-state index in [0.29, 0.717) is 34.6 Å². The third-order valence-corrected chi connectivity index (χ3v) is 5.08. The highest BCUT2D eigenvalue weighted by atomic mass is 16.5. The third kappa shape index (κ3) is 3.74. The molecule has 0 aliphatic rings. The van der Waals surface area contributed by atoms with Crippen molar-refractivity contribution in [3.05, 3.63) is 94.8 Å². The van der Waals surface area contributed by atoms with Crippen molar-refractivity contribution in [2.45, 2.75) is 6.92 Å². The first kappa shape index (κ1) is 19.6. The van der Waals surface area contributed by atoms with Gasteiger partial charge < -0.3 is 18.9 Å². The van der Waals surface area contributed by atoms with Crippen LogP contribution >= 0.6 is 0 Å². The van der Waals surface area contributed by atoms with Gasteiger partial charge in [-0.3, -0.25) is 9.59 Å². The van der Waals surface area contributed by atoms with Gasteiger partial charge in [0, 0.05) is 22.7 Å². The lowest BCUT2D eigenvalue weighted by Crippen LogP contribution is -2.11. The van der Waals surface area contributed by atoms with Crippen molar-refractivity contribution in [2.24, 2.45) is 0 Å². The number of carbonyl (C=O) groups excluding carboxylic acids is 1. The molecular weight excluding hydrogens is 406 g/mol. The minimum absolute atomic E-state index is 0.198. The Hall–Kier alpha value is -4.32. The molecule has 5 aromatic rings. The van der Waals surface area contributed by atoms with Crippen LogP contribution in [0.5, 0.6) is 5.75 Å². The van der Waals surface area contributed by atoms with Crippen molar-refractivity contribution in [3.63, 3.8) is 0 Å². The van der Waals surface area contributed by atoms with E-state index in [2.05, 4.69) is 5.32 Å². The van der Waals surface area contributed by atoms with Gasteiger partial charge in [0.15, 0.2) is 11.2 Å². The maximum absolute atomic E-state index is 12.8. The van der Waals surface area contributed by atoms with Crippen molar-refractivity contribution in [1.29, 1.82) is 0 Å². The second-order valence-electron chi connectivity index (χ2n) is 7.25. The van der Waals surface area contributed by atoms with Crippen LogP contribution in [0, 0.1) is 0 Å². The molecule has 6 nitrogen and oxygen atoms in total. The number of hydrogen-bond donors (Lipinski definition) is 1. The van der Waals surface area contributed by atoms with Gasteiger partial charge in [0.05, 0.1) is 12.0 Å². The first-order valence-electron chi connectivity index (χ1n) is 10.2. The molecule has 2 aromatic heterocycles. The summed E-state index contributed by atoms with van der Waals surface area (Å²) in [5, 5.41) is 4.00. The lowest BCUT2D eigenvalue weighted by molar-refractivity contribution is 0.0998. The number of rotatable bonds is 5. The molecular formula is C26H19NO5. The van der Waals surface area contributed by atoms with Gasteiger partial charge in [0.25, 0.3) is 5.91 Å². The summed E-state index contributed by atoms with van der Waals surface area (Å²) >= 11 is 0. The molecule has 0 radical (unpaired) electrons. The number of ether oxygens (including phenoxy) is 1. The number of para-hydroxylation sites is 1. The van der Waals surface area contributed by atoms with Crippen LogP contribution in [0.2, 0.25) is 0 Å². The number of benzene rings is 3. The number of furan rings is 1. The molecule has 1 N–H and O–H groups in total. The maximum atomic E-state index is 12.8. The minimum Gasteiger partial charge on any atom is -0.494 e. The molecule has 0 spiro atoms. The zero-order chi connectivity index (χ0) is 22.1. The highest BCUT2D eigenvalue weighted by molar-refractivity contribution is 6.05. The number of fused-ring (bicyclic) bond motifs is 2. The molecule has 32 heavy (non-hydrogen) atoms. The number of amides is 1. The standard InChI is InChI=1S/C26H19NO5/c1-2-30-19-10-7-16(8-11-19)24-15-21(28)20-14-18(9-12-23(20)32-24)27-26(29)25-13-17-5-3-4-6-22(17)31-25/h3-15H,2H2,1H3,(H,27,29). The first-order chi connectivity index (χ1) is 15.6. The third-order valence-electron chi connectivity index (χ3n) is 5.08. The summed E-state index contributed by atoms with van der Waals surface area (Å²) < 4.78 is 17.0. The van der Waals surface area contributed by atoms with Crippen molar-refractivity contribution in [1.82, 2.24) is 0 Å². The van der Waals surface area contributed by atoms with Gasteiger partial charge in [-0.2, -0.15) is 0 Å². The Morgan fingerprint density at radius 1 is 0.906 bits per heavy atom. The molecule has 2 heterocycles. The summed E-state index contributed by atoms with van der Waals surface area (Å²) in [4.78, 5) is 25.4. The summed E-state index contributed by atoms with van der Waals surface area (Å²) in [6.07, 6.45) is 0. The van der Waals surface area contributed by atoms with Crippen molar-refractivity contribution < 1.29 is 18.4 Å². The molecule has 0 atom stereocenters. The fraction of sp³-hybridized carbons (Fsp3) is 0.0769. The molecule has 0 bridgehead atoms. The van der Waals surface area contributed by atoms with E-state index >= 15 is 0 Å². The Kier molecular flexibility index (Phi) is 4.95.